The van der Waals surface area contributed by atoms with Gasteiger partial charge in [0.25, 0.3) is 0 Å². The molecule has 0 bridgehead atoms. The van der Waals surface area contributed by atoms with Crippen molar-refractivity contribution in [3.8, 4) is 0 Å². The van der Waals surface area contributed by atoms with Crippen molar-refractivity contribution in [2.45, 2.75) is 20.0 Å². The van der Waals surface area contributed by atoms with Gasteiger partial charge >= 0.3 is 5.97 Å². The van der Waals surface area contributed by atoms with Gasteiger partial charge in [0, 0.05) is 26.2 Å². The maximum absolute atomic E-state index is 11.7. The Balaban J connectivity index is 1.99. The summed E-state index contributed by atoms with van der Waals surface area (Å²) in [7, 11) is 1.46. The smallest absolute Gasteiger partial charge is 0.310 e. The number of rotatable bonds is 4. The average molecular weight is 262 g/mol. The van der Waals surface area contributed by atoms with Gasteiger partial charge in [-0.1, -0.05) is 31.2 Å². The molecule has 4 nitrogen and oxygen atoms in total. The Kier molecular flexibility index (Phi) is 4.56. The molecule has 1 aliphatic rings. The molecule has 2 rings (SSSR count). The van der Waals surface area contributed by atoms with Gasteiger partial charge in [-0.05, 0) is 17.0 Å². The fraction of sp³-hybridized carbons (Fsp3) is 0.533. The lowest BCUT2D eigenvalue weighted by atomic mass is 9.99. The Bertz CT molecular complexity index is 448. The first-order valence-electron chi connectivity index (χ1n) is 6.72. The number of carbonyl (C=O) groups is 1. The Hall–Kier alpha value is -1.39. The minimum atomic E-state index is -0.0919. The van der Waals surface area contributed by atoms with Crippen LogP contribution in [-0.2, 0) is 22.6 Å². The molecule has 1 heterocycles. The van der Waals surface area contributed by atoms with E-state index in [1.165, 1.54) is 12.7 Å². The third kappa shape index (κ3) is 3.33. The monoisotopic (exact) mass is 262 g/mol. The van der Waals surface area contributed by atoms with Crippen LogP contribution in [0.1, 0.15) is 18.1 Å². The standard InChI is InChI=1S/C15H22N2O2/c1-11-8-17(10-14(11)15(18)19-2)9-13-5-3-4-12(6-13)7-16/h3-6,11,14H,7-10,16H2,1-2H3. The van der Waals surface area contributed by atoms with Gasteiger partial charge in [0.05, 0.1) is 13.0 Å². The van der Waals surface area contributed by atoms with Crippen molar-refractivity contribution in [2.75, 3.05) is 20.2 Å². The molecule has 0 amide bonds. The van der Waals surface area contributed by atoms with Crippen molar-refractivity contribution in [1.29, 1.82) is 0 Å². The summed E-state index contributed by atoms with van der Waals surface area (Å²) in [5.41, 5.74) is 8.05. The molecule has 0 spiro atoms. The summed E-state index contributed by atoms with van der Waals surface area (Å²) in [6, 6.07) is 8.31. The van der Waals surface area contributed by atoms with Gasteiger partial charge in [-0.15, -0.1) is 0 Å². The molecule has 4 heteroatoms. The largest absolute Gasteiger partial charge is 0.469 e. The number of benzene rings is 1. The summed E-state index contributed by atoms with van der Waals surface area (Å²) < 4.78 is 4.86. The molecule has 0 radical (unpaired) electrons. The number of nitrogens with two attached hydrogens (primary N) is 1. The summed E-state index contributed by atoms with van der Waals surface area (Å²) in [6.07, 6.45) is 0. The quantitative estimate of drug-likeness (QED) is 0.833. The number of carbonyl (C=O) groups excluding carboxylic acids is 1. The number of likely N-dealkylation sites (tertiary alicyclic amines) is 1. The second-order valence-corrected chi connectivity index (χ2v) is 5.33. The molecule has 0 aromatic heterocycles. The molecule has 1 fully saturated rings. The topological polar surface area (TPSA) is 55.6 Å². The number of hydrogen-bond donors (Lipinski definition) is 1. The fourth-order valence-electron chi connectivity index (χ4n) is 2.77. The van der Waals surface area contributed by atoms with Gasteiger partial charge in [0.1, 0.15) is 0 Å². The molecule has 1 aliphatic heterocycles. The molecule has 2 N–H and O–H groups in total. The van der Waals surface area contributed by atoms with Crippen molar-refractivity contribution in [1.82, 2.24) is 4.90 Å². The van der Waals surface area contributed by atoms with Crippen molar-refractivity contribution in [3.63, 3.8) is 0 Å². The second-order valence-electron chi connectivity index (χ2n) is 5.33. The van der Waals surface area contributed by atoms with Crippen LogP contribution in [0.4, 0.5) is 0 Å². The maximum atomic E-state index is 11.7. The molecule has 1 aromatic carbocycles. The van der Waals surface area contributed by atoms with E-state index in [9.17, 15) is 4.79 Å². The lowest BCUT2D eigenvalue weighted by molar-refractivity contribution is -0.146. The molecule has 0 aliphatic carbocycles. The Labute approximate surface area is 114 Å². The molecule has 0 saturated carbocycles. The van der Waals surface area contributed by atoms with Crippen LogP contribution in [0.5, 0.6) is 0 Å². The first-order chi connectivity index (χ1) is 9.13. The Morgan fingerprint density at radius 2 is 2.16 bits per heavy atom. The average Bonchev–Trinajstić information content (AvgIpc) is 2.79. The maximum Gasteiger partial charge on any atom is 0.310 e. The number of ether oxygens (including phenoxy) is 1. The zero-order valence-corrected chi connectivity index (χ0v) is 11.6. The van der Waals surface area contributed by atoms with Crippen LogP contribution in [0.15, 0.2) is 24.3 Å². The van der Waals surface area contributed by atoms with Crippen molar-refractivity contribution in [3.05, 3.63) is 35.4 Å². The highest BCUT2D eigenvalue weighted by molar-refractivity contribution is 5.73. The molecule has 104 valence electrons. The van der Waals surface area contributed by atoms with Gasteiger partial charge in [-0.3, -0.25) is 9.69 Å². The first-order valence-corrected chi connectivity index (χ1v) is 6.72. The van der Waals surface area contributed by atoms with Gasteiger partial charge < -0.3 is 10.5 Å². The van der Waals surface area contributed by atoms with Gasteiger partial charge in [-0.2, -0.15) is 0 Å². The van der Waals surface area contributed by atoms with Crippen LogP contribution in [0.3, 0.4) is 0 Å². The predicted octanol–water partition coefficient (Wildman–Crippen LogP) is 1.39. The molecular weight excluding hydrogens is 240 g/mol. The van der Waals surface area contributed by atoms with E-state index in [4.69, 9.17) is 10.5 Å². The molecule has 1 aromatic rings. The van der Waals surface area contributed by atoms with Crippen LogP contribution in [0, 0.1) is 11.8 Å². The van der Waals surface area contributed by atoms with E-state index in [0.717, 1.165) is 25.2 Å². The Morgan fingerprint density at radius 3 is 2.84 bits per heavy atom. The van der Waals surface area contributed by atoms with Crippen molar-refractivity contribution in [2.24, 2.45) is 17.6 Å². The van der Waals surface area contributed by atoms with Crippen LogP contribution >= 0.6 is 0 Å². The van der Waals surface area contributed by atoms with E-state index in [1.54, 1.807) is 0 Å². The molecule has 2 atom stereocenters. The minimum Gasteiger partial charge on any atom is -0.469 e. The van der Waals surface area contributed by atoms with E-state index in [0.29, 0.717) is 12.5 Å². The SMILES string of the molecule is COC(=O)C1CN(Cc2cccc(CN)c2)CC1C. The fourth-order valence-corrected chi connectivity index (χ4v) is 2.77. The summed E-state index contributed by atoms with van der Waals surface area (Å²) in [4.78, 5) is 14.0. The van der Waals surface area contributed by atoms with Crippen LogP contribution in [-0.4, -0.2) is 31.1 Å². The zero-order valence-electron chi connectivity index (χ0n) is 11.6. The lowest BCUT2D eigenvalue weighted by Gasteiger charge is -2.16. The van der Waals surface area contributed by atoms with Gasteiger partial charge in [0.2, 0.25) is 0 Å². The van der Waals surface area contributed by atoms with Crippen LogP contribution in [0.25, 0.3) is 0 Å². The minimum absolute atomic E-state index is 0.00249. The highest BCUT2D eigenvalue weighted by Gasteiger charge is 2.35. The summed E-state index contributed by atoms with van der Waals surface area (Å²) in [6.45, 7) is 5.26. The number of methoxy groups -OCH3 is 1. The first kappa shape index (κ1) is 14.0. The Morgan fingerprint density at radius 1 is 1.42 bits per heavy atom. The molecule has 1 saturated heterocycles. The molecule has 2 unspecified atom stereocenters. The van der Waals surface area contributed by atoms with Crippen molar-refractivity contribution >= 4 is 5.97 Å². The zero-order chi connectivity index (χ0) is 13.8. The van der Waals surface area contributed by atoms with Gasteiger partial charge in [-0.25, -0.2) is 0 Å². The van der Waals surface area contributed by atoms with Crippen LogP contribution in [0.2, 0.25) is 0 Å². The third-order valence-corrected chi connectivity index (χ3v) is 3.83. The third-order valence-electron chi connectivity index (χ3n) is 3.83. The van der Waals surface area contributed by atoms with Crippen LogP contribution < -0.4 is 5.73 Å². The summed E-state index contributed by atoms with van der Waals surface area (Å²) >= 11 is 0. The number of esters is 1. The summed E-state index contributed by atoms with van der Waals surface area (Å²) in [5, 5.41) is 0. The molecular formula is C15H22N2O2. The predicted molar refractivity (Wildman–Crippen MR) is 74.3 cm³/mol. The van der Waals surface area contributed by atoms with E-state index >= 15 is 0 Å². The number of hydrogen-bond acceptors (Lipinski definition) is 4. The van der Waals surface area contributed by atoms with E-state index in [1.807, 2.05) is 12.1 Å². The highest BCUT2D eigenvalue weighted by atomic mass is 16.5. The molecule has 19 heavy (non-hydrogen) atoms. The summed E-state index contributed by atoms with van der Waals surface area (Å²) in [5.74, 6) is 0.263. The van der Waals surface area contributed by atoms with Gasteiger partial charge in [0.15, 0.2) is 0 Å². The van der Waals surface area contributed by atoms with E-state index < -0.39 is 0 Å². The van der Waals surface area contributed by atoms with E-state index in [-0.39, 0.29) is 11.9 Å². The normalized spacial score (nSPS) is 23.5. The van der Waals surface area contributed by atoms with E-state index in [2.05, 4.69) is 24.0 Å². The number of nitrogens with zero attached hydrogens (tertiary/aromatic N) is 1. The highest BCUT2D eigenvalue weighted by Crippen LogP contribution is 2.25. The lowest BCUT2D eigenvalue weighted by Crippen LogP contribution is -2.24. The van der Waals surface area contributed by atoms with Crippen molar-refractivity contribution < 1.29 is 9.53 Å². The second kappa shape index (κ2) is 6.17.